The summed E-state index contributed by atoms with van der Waals surface area (Å²) in [6.45, 7) is 4.72. The fourth-order valence-corrected chi connectivity index (χ4v) is 1.10. The Morgan fingerprint density at radius 2 is 1.94 bits per heavy atom. The maximum atomic E-state index is 13.1. The first-order chi connectivity index (χ1) is 7.78. The Hall–Kier alpha value is -1.65. The molecule has 0 fully saturated rings. The summed E-state index contributed by atoms with van der Waals surface area (Å²) < 4.78 is 35.5. The minimum Gasteiger partial charge on any atom is -0.479 e. The third-order valence-electron chi connectivity index (χ3n) is 1.66. The van der Waals surface area contributed by atoms with Gasteiger partial charge in [-0.25, -0.2) is 13.6 Å². The number of hydrogen-bond donors (Lipinski definition) is 0. The van der Waals surface area contributed by atoms with Crippen molar-refractivity contribution in [1.29, 1.82) is 0 Å². The van der Waals surface area contributed by atoms with Gasteiger partial charge in [-0.15, -0.1) is 0 Å². The van der Waals surface area contributed by atoms with E-state index in [9.17, 15) is 13.6 Å². The molecule has 0 heterocycles. The van der Waals surface area contributed by atoms with Crippen molar-refractivity contribution in [2.45, 2.75) is 26.4 Å². The summed E-state index contributed by atoms with van der Waals surface area (Å²) in [7, 11) is 0. The largest absolute Gasteiger partial charge is 0.479 e. The smallest absolute Gasteiger partial charge is 0.344 e. The number of hydrogen-bond acceptors (Lipinski definition) is 3. The maximum Gasteiger partial charge on any atom is 0.344 e. The van der Waals surface area contributed by atoms with Crippen molar-refractivity contribution in [3.63, 3.8) is 0 Å². The average molecular weight is 244 g/mol. The van der Waals surface area contributed by atoms with Crippen LogP contribution in [0.2, 0.25) is 0 Å². The summed E-state index contributed by atoms with van der Waals surface area (Å²) in [6, 6.07) is 2.85. The highest BCUT2D eigenvalue weighted by atomic mass is 19.1. The van der Waals surface area contributed by atoms with E-state index in [1.807, 2.05) is 0 Å². The van der Waals surface area contributed by atoms with Crippen LogP contribution in [0.15, 0.2) is 18.2 Å². The topological polar surface area (TPSA) is 35.5 Å². The van der Waals surface area contributed by atoms with Crippen LogP contribution in [0.1, 0.15) is 20.8 Å². The maximum absolute atomic E-state index is 13.1. The zero-order valence-electron chi connectivity index (χ0n) is 9.92. The number of halogens is 2. The van der Waals surface area contributed by atoms with E-state index >= 15 is 0 Å². The molecule has 5 heteroatoms. The number of benzene rings is 1. The van der Waals surface area contributed by atoms with Crippen LogP contribution in [0, 0.1) is 11.6 Å². The van der Waals surface area contributed by atoms with Gasteiger partial charge in [-0.2, -0.15) is 0 Å². The zero-order valence-corrected chi connectivity index (χ0v) is 9.92. The molecular formula is C12H14F2O3. The zero-order chi connectivity index (χ0) is 13.1. The van der Waals surface area contributed by atoms with E-state index in [0.717, 1.165) is 12.1 Å². The molecule has 0 unspecified atom stereocenters. The second-order valence-corrected chi connectivity index (χ2v) is 4.45. The SMILES string of the molecule is CC(C)(C)OC(=O)COc1ccc(F)cc1F. The van der Waals surface area contributed by atoms with E-state index in [1.165, 1.54) is 0 Å². The molecule has 0 amide bonds. The fourth-order valence-electron chi connectivity index (χ4n) is 1.10. The summed E-state index contributed by atoms with van der Waals surface area (Å²) in [5.41, 5.74) is -0.623. The van der Waals surface area contributed by atoms with E-state index in [2.05, 4.69) is 0 Å². The summed E-state index contributed by atoms with van der Waals surface area (Å²) in [6.07, 6.45) is 0. The molecule has 0 aliphatic carbocycles. The van der Waals surface area contributed by atoms with Crippen LogP contribution in [-0.2, 0) is 9.53 Å². The normalized spacial score (nSPS) is 11.1. The van der Waals surface area contributed by atoms with Gasteiger partial charge >= 0.3 is 5.97 Å². The quantitative estimate of drug-likeness (QED) is 0.767. The molecule has 1 aromatic rings. The Morgan fingerprint density at radius 3 is 2.47 bits per heavy atom. The first-order valence-electron chi connectivity index (χ1n) is 5.07. The molecule has 1 aromatic carbocycles. The van der Waals surface area contributed by atoms with Crippen LogP contribution in [0.3, 0.4) is 0 Å². The van der Waals surface area contributed by atoms with Crippen molar-refractivity contribution < 1.29 is 23.0 Å². The molecule has 0 spiro atoms. The van der Waals surface area contributed by atoms with Crippen molar-refractivity contribution in [3.05, 3.63) is 29.8 Å². The second kappa shape index (κ2) is 5.12. The lowest BCUT2D eigenvalue weighted by molar-refractivity contribution is -0.157. The van der Waals surface area contributed by atoms with Gasteiger partial charge in [-0.3, -0.25) is 0 Å². The molecule has 0 aliphatic rings. The van der Waals surface area contributed by atoms with Gasteiger partial charge in [-0.1, -0.05) is 0 Å². The first kappa shape index (κ1) is 13.4. The molecular weight excluding hydrogens is 230 g/mol. The molecule has 0 bridgehead atoms. The Morgan fingerprint density at radius 1 is 1.29 bits per heavy atom. The number of carbonyl (C=O) groups excluding carboxylic acids is 1. The van der Waals surface area contributed by atoms with Gasteiger partial charge < -0.3 is 9.47 Å². The molecule has 17 heavy (non-hydrogen) atoms. The van der Waals surface area contributed by atoms with Crippen molar-refractivity contribution in [3.8, 4) is 5.75 Å². The van der Waals surface area contributed by atoms with Gasteiger partial charge in [0.1, 0.15) is 11.4 Å². The summed E-state index contributed by atoms with van der Waals surface area (Å²) in [5, 5.41) is 0. The van der Waals surface area contributed by atoms with Gasteiger partial charge in [0.15, 0.2) is 18.2 Å². The average Bonchev–Trinajstić information content (AvgIpc) is 2.13. The number of rotatable bonds is 3. The van der Waals surface area contributed by atoms with Crippen LogP contribution in [0.5, 0.6) is 5.75 Å². The number of esters is 1. The Balaban J connectivity index is 2.53. The Kier molecular flexibility index (Phi) is 4.04. The summed E-state index contributed by atoms with van der Waals surface area (Å²) >= 11 is 0. The van der Waals surface area contributed by atoms with Crippen LogP contribution in [0.4, 0.5) is 8.78 Å². The van der Waals surface area contributed by atoms with Crippen LogP contribution >= 0.6 is 0 Å². The van der Waals surface area contributed by atoms with E-state index in [4.69, 9.17) is 9.47 Å². The highest BCUT2D eigenvalue weighted by molar-refractivity contribution is 5.71. The minimum absolute atomic E-state index is 0.183. The monoisotopic (exact) mass is 244 g/mol. The fraction of sp³-hybridized carbons (Fsp3) is 0.417. The number of ether oxygens (including phenoxy) is 2. The highest BCUT2D eigenvalue weighted by Gasteiger charge is 2.17. The van der Waals surface area contributed by atoms with E-state index in [1.54, 1.807) is 20.8 Å². The highest BCUT2D eigenvalue weighted by Crippen LogP contribution is 2.17. The Bertz CT molecular complexity index is 411. The van der Waals surface area contributed by atoms with Gasteiger partial charge in [0, 0.05) is 6.07 Å². The molecule has 0 saturated heterocycles. The van der Waals surface area contributed by atoms with Crippen LogP contribution in [-0.4, -0.2) is 18.2 Å². The molecule has 0 radical (unpaired) electrons. The van der Waals surface area contributed by atoms with Gasteiger partial charge in [0.05, 0.1) is 0 Å². The van der Waals surface area contributed by atoms with Crippen molar-refractivity contribution >= 4 is 5.97 Å². The molecule has 0 aromatic heterocycles. The molecule has 1 rings (SSSR count). The van der Waals surface area contributed by atoms with Crippen molar-refractivity contribution in [1.82, 2.24) is 0 Å². The standard InChI is InChI=1S/C12H14F2O3/c1-12(2,3)17-11(15)7-16-10-5-4-8(13)6-9(10)14/h4-6H,7H2,1-3H3. The molecule has 0 saturated carbocycles. The lowest BCUT2D eigenvalue weighted by atomic mass is 10.2. The van der Waals surface area contributed by atoms with E-state index in [0.29, 0.717) is 6.07 Å². The minimum atomic E-state index is -0.853. The lowest BCUT2D eigenvalue weighted by Gasteiger charge is -2.19. The molecule has 0 atom stereocenters. The molecule has 94 valence electrons. The predicted molar refractivity (Wildman–Crippen MR) is 57.7 cm³/mol. The summed E-state index contributed by atoms with van der Waals surface area (Å²) in [5.74, 6) is -2.35. The second-order valence-electron chi connectivity index (χ2n) is 4.45. The molecule has 0 N–H and O–H groups in total. The third kappa shape index (κ3) is 4.80. The third-order valence-corrected chi connectivity index (χ3v) is 1.66. The van der Waals surface area contributed by atoms with Crippen LogP contribution < -0.4 is 4.74 Å². The van der Waals surface area contributed by atoms with Crippen molar-refractivity contribution in [2.75, 3.05) is 6.61 Å². The summed E-state index contributed by atoms with van der Waals surface area (Å²) in [4.78, 5) is 11.3. The van der Waals surface area contributed by atoms with Gasteiger partial charge in [0.2, 0.25) is 0 Å². The lowest BCUT2D eigenvalue weighted by Crippen LogP contribution is -2.27. The van der Waals surface area contributed by atoms with E-state index in [-0.39, 0.29) is 5.75 Å². The van der Waals surface area contributed by atoms with Gasteiger partial charge in [-0.05, 0) is 32.9 Å². The van der Waals surface area contributed by atoms with Crippen LogP contribution in [0.25, 0.3) is 0 Å². The van der Waals surface area contributed by atoms with Gasteiger partial charge in [0.25, 0.3) is 0 Å². The Labute approximate surface area is 98.3 Å². The molecule has 0 aliphatic heterocycles. The van der Waals surface area contributed by atoms with E-state index < -0.39 is 29.8 Å². The number of carbonyl (C=O) groups is 1. The molecule has 3 nitrogen and oxygen atoms in total. The first-order valence-corrected chi connectivity index (χ1v) is 5.07. The predicted octanol–water partition coefficient (Wildman–Crippen LogP) is 2.69. The van der Waals surface area contributed by atoms with Crippen molar-refractivity contribution in [2.24, 2.45) is 0 Å².